The van der Waals surface area contributed by atoms with Gasteiger partial charge in [0.05, 0.1) is 5.92 Å². The van der Waals surface area contributed by atoms with Crippen molar-refractivity contribution in [2.45, 2.75) is 38.9 Å². The predicted octanol–water partition coefficient (Wildman–Crippen LogP) is 1.71. The summed E-state index contributed by atoms with van der Waals surface area (Å²) in [7, 11) is -4.25. The molecule has 0 aliphatic rings. The molecular weight excluding hydrogens is 232 g/mol. The van der Waals surface area contributed by atoms with Crippen LogP contribution in [0, 0.1) is 5.92 Å². The zero-order chi connectivity index (χ0) is 12.9. The maximum atomic E-state index is 11.1. The lowest BCUT2D eigenvalue weighted by atomic mass is 10.0. The van der Waals surface area contributed by atoms with Crippen molar-refractivity contribution < 1.29 is 22.9 Å². The summed E-state index contributed by atoms with van der Waals surface area (Å²) in [4.78, 5) is 10.6. The molecule has 6 heteroatoms. The number of carboxylic acids is 1. The molecule has 16 heavy (non-hydrogen) atoms. The van der Waals surface area contributed by atoms with Crippen LogP contribution in [0.1, 0.15) is 33.6 Å². The normalized spacial score (nSPS) is 16.9. The van der Waals surface area contributed by atoms with E-state index in [4.69, 9.17) is 9.66 Å². The van der Waals surface area contributed by atoms with Crippen LogP contribution in [0.5, 0.6) is 0 Å². The zero-order valence-corrected chi connectivity index (χ0v) is 10.5. The second-order valence-electron chi connectivity index (χ2n) is 3.83. The van der Waals surface area contributed by atoms with Gasteiger partial charge < -0.3 is 5.11 Å². The van der Waals surface area contributed by atoms with E-state index in [0.717, 1.165) is 0 Å². The molecule has 0 aromatic rings. The van der Waals surface area contributed by atoms with Crippen molar-refractivity contribution in [2.24, 2.45) is 5.92 Å². The van der Waals surface area contributed by atoms with E-state index < -0.39 is 27.3 Å². The minimum atomic E-state index is -4.25. The Bertz CT molecular complexity index is 369. The third-order valence-corrected chi connectivity index (χ3v) is 3.67. The lowest BCUT2D eigenvalue weighted by molar-refractivity contribution is -0.141. The molecule has 0 fully saturated rings. The highest BCUT2D eigenvalue weighted by molar-refractivity contribution is 7.86. The Morgan fingerprint density at radius 2 is 1.94 bits per heavy atom. The average molecular weight is 250 g/mol. The van der Waals surface area contributed by atoms with Gasteiger partial charge in [-0.2, -0.15) is 8.42 Å². The van der Waals surface area contributed by atoms with E-state index in [-0.39, 0.29) is 6.42 Å². The maximum Gasteiger partial charge on any atom is 0.306 e. The van der Waals surface area contributed by atoms with Crippen molar-refractivity contribution in [3.63, 3.8) is 0 Å². The van der Waals surface area contributed by atoms with E-state index >= 15 is 0 Å². The minimum absolute atomic E-state index is 0.115. The highest BCUT2D eigenvalue weighted by Gasteiger charge is 2.28. The number of rotatable bonds is 6. The first-order valence-corrected chi connectivity index (χ1v) is 6.56. The first kappa shape index (κ1) is 15.1. The van der Waals surface area contributed by atoms with Crippen LogP contribution in [0.3, 0.4) is 0 Å². The van der Waals surface area contributed by atoms with Gasteiger partial charge in [-0.15, -0.1) is 0 Å². The summed E-state index contributed by atoms with van der Waals surface area (Å²) in [5.41, 5.74) is 0.484. The number of hydrogen-bond donors (Lipinski definition) is 2. The van der Waals surface area contributed by atoms with E-state index in [0.29, 0.717) is 12.0 Å². The smallest absolute Gasteiger partial charge is 0.306 e. The van der Waals surface area contributed by atoms with Gasteiger partial charge in [0.25, 0.3) is 10.1 Å². The minimum Gasteiger partial charge on any atom is -0.481 e. The number of hydrogen-bond acceptors (Lipinski definition) is 3. The van der Waals surface area contributed by atoms with Crippen LogP contribution >= 0.6 is 0 Å². The van der Waals surface area contributed by atoms with Crippen molar-refractivity contribution >= 4 is 16.1 Å². The Morgan fingerprint density at radius 1 is 1.44 bits per heavy atom. The predicted molar refractivity (Wildman–Crippen MR) is 60.8 cm³/mol. The van der Waals surface area contributed by atoms with Crippen LogP contribution in [0.4, 0.5) is 0 Å². The summed E-state index contributed by atoms with van der Waals surface area (Å²) in [6, 6.07) is 0. The Labute approximate surface area is 95.9 Å². The van der Waals surface area contributed by atoms with Crippen LogP contribution in [0.25, 0.3) is 0 Å². The summed E-state index contributed by atoms with van der Waals surface area (Å²) in [5, 5.41) is 7.59. The molecule has 5 nitrogen and oxygen atoms in total. The fourth-order valence-electron chi connectivity index (χ4n) is 1.42. The van der Waals surface area contributed by atoms with Gasteiger partial charge in [-0.1, -0.05) is 25.5 Å². The Balaban J connectivity index is 4.99. The Hall–Kier alpha value is -0.880. The molecule has 0 aliphatic heterocycles. The van der Waals surface area contributed by atoms with E-state index in [2.05, 4.69) is 0 Å². The fraction of sp³-hybridized carbons (Fsp3) is 0.700. The summed E-state index contributed by atoms with van der Waals surface area (Å²) in [6.07, 6.45) is 2.20. The molecule has 0 heterocycles. The molecule has 0 radical (unpaired) electrons. The fourth-order valence-corrected chi connectivity index (χ4v) is 2.52. The second kappa shape index (κ2) is 6.00. The van der Waals surface area contributed by atoms with Gasteiger partial charge in [-0.05, 0) is 19.8 Å². The van der Waals surface area contributed by atoms with Crippen LogP contribution in [-0.4, -0.2) is 29.3 Å². The topological polar surface area (TPSA) is 91.7 Å². The lowest BCUT2D eigenvalue weighted by Crippen LogP contribution is -2.27. The molecular formula is C10H18O5S. The van der Waals surface area contributed by atoms with Crippen molar-refractivity contribution in [1.29, 1.82) is 0 Å². The molecule has 0 rings (SSSR count). The van der Waals surface area contributed by atoms with Crippen LogP contribution in [0.2, 0.25) is 0 Å². The van der Waals surface area contributed by atoms with Gasteiger partial charge >= 0.3 is 5.97 Å². The van der Waals surface area contributed by atoms with Crippen molar-refractivity contribution in [2.75, 3.05) is 0 Å². The van der Waals surface area contributed by atoms with Gasteiger partial charge in [0.2, 0.25) is 0 Å². The number of allylic oxidation sites excluding steroid dienone is 1. The highest BCUT2D eigenvalue weighted by Crippen LogP contribution is 2.20. The number of aliphatic carboxylic acids is 1. The van der Waals surface area contributed by atoms with Gasteiger partial charge in [0, 0.05) is 0 Å². The monoisotopic (exact) mass is 250 g/mol. The van der Waals surface area contributed by atoms with Crippen LogP contribution < -0.4 is 0 Å². The third-order valence-electron chi connectivity index (χ3n) is 2.38. The second-order valence-corrected chi connectivity index (χ2v) is 5.43. The molecule has 94 valence electrons. The van der Waals surface area contributed by atoms with Crippen molar-refractivity contribution in [3.8, 4) is 0 Å². The quantitative estimate of drug-likeness (QED) is 0.553. The number of carbonyl (C=O) groups is 1. The van der Waals surface area contributed by atoms with Crippen molar-refractivity contribution in [1.82, 2.24) is 0 Å². The van der Waals surface area contributed by atoms with Gasteiger partial charge in [0.1, 0.15) is 5.25 Å². The molecule has 2 N–H and O–H groups in total. The molecule has 0 saturated heterocycles. The molecule has 0 aromatic heterocycles. The van der Waals surface area contributed by atoms with Crippen molar-refractivity contribution in [3.05, 3.63) is 11.6 Å². The van der Waals surface area contributed by atoms with E-state index in [1.807, 2.05) is 6.92 Å². The summed E-state index contributed by atoms with van der Waals surface area (Å²) < 4.78 is 31.3. The van der Waals surface area contributed by atoms with E-state index in [9.17, 15) is 13.2 Å². The van der Waals surface area contributed by atoms with E-state index in [1.165, 1.54) is 6.92 Å². The van der Waals surface area contributed by atoms with Gasteiger partial charge in [-0.25, -0.2) is 0 Å². The summed E-state index contributed by atoms with van der Waals surface area (Å²) in [6.45, 7) is 4.83. The molecule has 0 spiro atoms. The lowest BCUT2D eigenvalue weighted by Gasteiger charge is -2.17. The molecule has 0 aromatic carbocycles. The Kier molecular flexibility index (Phi) is 5.67. The molecule has 2 unspecified atom stereocenters. The molecule has 0 amide bonds. The zero-order valence-electron chi connectivity index (χ0n) is 9.67. The largest absolute Gasteiger partial charge is 0.481 e. The van der Waals surface area contributed by atoms with E-state index in [1.54, 1.807) is 13.0 Å². The SMILES string of the molecule is CC/C=C(\C)C(CC(C)C(=O)O)S(=O)(=O)O. The standard InChI is InChI=1S/C10H18O5S/c1-4-5-7(2)9(16(13,14)15)6-8(3)10(11)12/h5,8-9H,4,6H2,1-3H3,(H,11,12)(H,13,14,15)/b7-5+. The van der Waals surface area contributed by atoms with Crippen LogP contribution in [-0.2, 0) is 14.9 Å². The third kappa shape index (κ3) is 4.76. The molecule has 0 bridgehead atoms. The molecule has 2 atom stereocenters. The molecule has 0 saturated carbocycles. The maximum absolute atomic E-state index is 11.1. The van der Waals surface area contributed by atoms with Gasteiger partial charge in [-0.3, -0.25) is 9.35 Å². The first-order valence-electron chi connectivity index (χ1n) is 5.05. The van der Waals surface area contributed by atoms with Crippen LogP contribution in [0.15, 0.2) is 11.6 Å². The number of carboxylic acid groups (broad SMARTS) is 1. The molecule has 0 aliphatic carbocycles. The van der Waals surface area contributed by atoms with Gasteiger partial charge in [0.15, 0.2) is 0 Å². The highest BCUT2D eigenvalue weighted by atomic mass is 32.2. The first-order chi connectivity index (χ1) is 7.20. The summed E-state index contributed by atoms with van der Waals surface area (Å²) >= 11 is 0. The average Bonchev–Trinajstić information content (AvgIpc) is 2.11. The summed E-state index contributed by atoms with van der Waals surface area (Å²) in [5.74, 6) is -1.88. The Morgan fingerprint density at radius 3 is 2.25 bits per heavy atom.